The number of hydrogen-bond acceptors (Lipinski definition) is 4. The van der Waals surface area contributed by atoms with E-state index in [1.54, 1.807) is 6.92 Å². The smallest absolute Gasteiger partial charge is 0.237 e. The van der Waals surface area contributed by atoms with Crippen LogP contribution in [0, 0.1) is 0 Å². The molecule has 1 rings (SSSR count). The zero-order valence-electron chi connectivity index (χ0n) is 13.5. The number of amidine groups is 1. The molecule has 0 aromatic heterocycles. The third-order valence-corrected chi connectivity index (χ3v) is 3.01. The van der Waals surface area contributed by atoms with Crippen LogP contribution in [-0.2, 0) is 22.7 Å². The van der Waals surface area contributed by atoms with Crippen LogP contribution in [0.25, 0.3) is 0 Å². The van der Waals surface area contributed by atoms with E-state index < -0.39 is 11.9 Å². The predicted molar refractivity (Wildman–Crippen MR) is 100 cm³/mol. The molecule has 24 heavy (non-hydrogen) atoms. The quantitative estimate of drug-likeness (QED) is 0.389. The highest BCUT2D eigenvalue weighted by Gasteiger charge is 2.13. The molecule has 0 aliphatic heterocycles. The molecule has 0 bridgehead atoms. The fourth-order valence-corrected chi connectivity index (χ4v) is 1.80. The van der Waals surface area contributed by atoms with Crippen LogP contribution in [-0.4, -0.2) is 23.7 Å². The Kier molecular flexibility index (Phi) is 12.8. The van der Waals surface area contributed by atoms with Gasteiger partial charge in [0.15, 0.2) is 0 Å². The Labute approximate surface area is 154 Å². The summed E-state index contributed by atoms with van der Waals surface area (Å²) >= 11 is 0. The first-order chi connectivity index (χ1) is 10.4. The van der Waals surface area contributed by atoms with Crippen LogP contribution in [0.1, 0.15) is 30.9 Å². The first-order valence-corrected chi connectivity index (χ1v) is 7.04. The van der Waals surface area contributed by atoms with Crippen molar-refractivity contribution in [2.45, 2.75) is 38.9 Å². The maximum atomic E-state index is 11.8. The summed E-state index contributed by atoms with van der Waals surface area (Å²) < 4.78 is 0. The summed E-state index contributed by atoms with van der Waals surface area (Å²) in [5.41, 5.74) is 18.2. The number of aliphatic imine (C=N–C) groups is 1. The van der Waals surface area contributed by atoms with E-state index in [0.717, 1.165) is 11.1 Å². The van der Waals surface area contributed by atoms with Gasteiger partial charge in [-0.15, -0.1) is 24.8 Å². The Bertz CT molecular complexity index is 563. The number of benzene rings is 1. The summed E-state index contributed by atoms with van der Waals surface area (Å²) in [7, 11) is 0. The van der Waals surface area contributed by atoms with Crippen LogP contribution >= 0.6 is 24.8 Å². The van der Waals surface area contributed by atoms with Crippen molar-refractivity contribution in [1.82, 2.24) is 5.32 Å². The fraction of sp³-hybridized carbons (Fsp3) is 0.400. The topological polar surface area (TPSA) is 137 Å². The molecule has 7 N–H and O–H groups in total. The molecule has 0 aliphatic rings. The summed E-state index contributed by atoms with van der Waals surface area (Å²) in [5, 5.41) is 2.74. The van der Waals surface area contributed by atoms with Gasteiger partial charge in [-0.3, -0.25) is 14.6 Å². The minimum Gasteiger partial charge on any atom is -0.388 e. The average Bonchev–Trinajstić information content (AvgIpc) is 2.48. The lowest BCUT2D eigenvalue weighted by molar-refractivity contribution is -0.123. The first-order valence-electron chi connectivity index (χ1n) is 7.04. The van der Waals surface area contributed by atoms with E-state index in [0.29, 0.717) is 18.9 Å². The van der Waals surface area contributed by atoms with Crippen LogP contribution in [0.4, 0.5) is 0 Å². The number of primary amides is 1. The molecule has 136 valence electrons. The number of halogens is 2. The number of rotatable bonds is 8. The minimum atomic E-state index is -0.736. The van der Waals surface area contributed by atoms with Crippen LogP contribution in [0.3, 0.4) is 0 Å². The van der Waals surface area contributed by atoms with Crippen molar-refractivity contribution in [3.8, 4) is 0 Å². The van der Waals surface area contributed by atoms with Crippen molar-refractivity contribution < 1.29 is 9.59 Å². The zero-order chi connectivity index (χ0) is 16.5. The largest absolute Gasteiger partial charge is 0.388 e. The normalized spacial score (nSPS) is 11.7. The highest BCUT2D eigenvalue weighted by atomic mass is 35.5. The summed E-state index contributed by atoms with van der Waals surface area (Å²) in [6.45, 7) is 2.60. The van der Waals surface area contributed by atoms with E-state index in [2.05, 4.69) is 10.3 Å². The second-order valence-corrected chi connectivity index (χ2v) is 5.11. The maximum absolute atomic E-state index is 11.8. The molecule has 0 fully saturated rings. The van der Waals surface area contributed by atoms with Gasteiger partial charge in [-0.1, -0.05) is 24.3 Å². The Morgan fingerprint density at radius 3 is 2.42 bits per heavy atom. The molecule has 7 nitrogen and oxygen atoms in total. The molecule has 0 heterocycles. The molecule has 1 aromatic rings. The number of nitrogens with zero attached hydrogens (tertiary/aromatic N) is 1. The molecule has 1 atom stereocenters. The molecule has 0 saturated heterocycles. The maximum Gasteiger partial charge on any atom is 0.237 e. The van der Waals surface area contributed by atoms with Crippen molar-refractivity contribution in [2.75, 3.05) is 0 Å². The molecule has 1 aromatic carbocycles. The molecule has 0 radical (unpaired) electrons. The zero-order valence-corrected chi connectivity index (χ0v) is 15.2. The molecule has 9 heteroatoms. The molecule has 0 unspecified atom stereocenters. The lowest BCUT2D eigenvalue weighted by atomic mass is 10.1. The van der Waals surface area contributed by atoms with Crippen molar-refractivity contribution in [3.63, 3.8) is 0 Å². The first kappa shape index (κ1) is 24.4. The van der Waals surface area contributed by atoms with Crippen molar-refractivity contribution in [1.29, 1.82) is 0 Å². The number of carbonyl (C=O) groups excluding carboxylic acids is 2. The molecule has 0 aliphatic carbocycles. The minimum absolute atomic E-state index is 0. The summed E-state index contributed by atoms with van der Waals surface area (Å²) in [6.07, 6.45) is 0.339. The Morgan fingerprint density at radius 1 is 1.21 bits per heavy atom. The highest BCUT2D eigenvalue weighted by molar-refractivity contribution is 5.85. The molecular weight excluding hydrogens is 353 g/mol. The van der Waals surface area contributed by atoms with E-state index in [1.807, 2.05) is 24.3 Å². The number of hydrogen-bond donors (Lipinski definition) is 4. The molecule has 0 spiro atoms. The second kappa shape index (κ2) is 12.6. The number of amides is 2. The molecule has 2 amide bonds. The van der Waals surface area contributed by atoms with Crippen LogP contribution in [0.2, 0.25) is 0 Å². The Balaban J connectivity index is 0. The standard InChI is InChI=1S/C15H23N5O2.2ClH/c1-10(16)19-8-11-3-2-4-12(7-11)9-20-15(22)13(17)5-6-14(18)21;;/h2-4,7,13H,5-6,8-9,17H2,1H3,(H2,16,19)(H2,18,21)(H,20,22);2*1H/t13-;;/m0../s1. The highest BCUT2D eigenvalue weighted by Crippen LogP contribution is 2.07. The van der Waals surface area contributed by atoms with Crippen LogP contribution in [0.5, 0.6) is 0 Å². The summed E-state index contributed by atoms with van der Waals surface area (Å²) in [6, 6.07) is 6.95. The van der Waals surface area contributed by atoms with E-state index in [1.165, 1.54) is 0 Å². The van der Waals surface area contributed by atoms with Crippen molar-refractivity contribution in [2.24, 2.45) is 22.2 Å². The van der Waals surface area contributed by atoms with Gasteiger partial charge in [0.2, 0.25) is 11.8 Å². The second-order valence-electron chi connectivity index (χ2n) is 5.11. The van der Waals surface area contributed by atoms with Gasteiger partial charge < -0.3 is 22.5 Å². The number of nitrogens with two attached hydrogens (primary N) is 3. The third kappa shape index (κ3) is 10.0. The van der Waals surface area contributed by atoms with Gasteiger partial charge >= 0.3 is 0 Å². The SMILES string of the molecule is CC(N)=NCc1cccc(CNC(=O)[C@@H](N)CCC(N)=O)c1.Cl.Cl. The van der Waals surface area contributed by atoms with Crippen molar-refractivity contribution >= 4 is 42.5 Å². The number of nitrogens with one attached hydrogen (secondary N) is 1. The van der Waals surface area contributed by atoms with Gasteiger partial charge in [0, 0.05) is 13.0 Å². The predicted octanol–water partition coefficient (Wildman–Crippen LogP) is 0.616. The Morgan fingerprint density at radius 2 is 1.83 bits per heavy atom. The number of carbonyl (C=O) groups is 2. The van der Waals surface area contributed by atoms with Crippen LogP contribution in [0.15, 0.2) is 29.3 Å². The van der Waals surface area contributed by atoms with Crippen LogP contribution < -0.4 is 22.5 Å². The van der Waals surface area contributed by atoms with Crippen molar-refractivity contribution in [3.05, 3.63) is 35.4 Å². The lowest BCUT2D eigenvalue weighted by Crippen LogP contribution is -2.40. The van der Waals surface area contributed by atoms with E-state index in [9.17, 15) is 9.59 Å². The third-order valence-electron chi connectivity index (χ3n) is 3.01. The summed E-state index contributed by atoms with van der Waals surface area (Å²) in [4.78, 5) is 26.6. The van der Waals surface area contributed by atoms with Gasteiger partial charge in [-0.25, -0.2) is 0 Å². The van der Waals surface area contributed by atoms with Gasteiger partial charge in [-0.05, 0) is 24.5 Å². The molecular formula is C15H25Cl2N5O2. The Hall–Kier alpha value is -1.83. The monoisotopic (exact) mass is 377 g/mol. The average molecular weight is 378 g/mol. The van der Waals surface area contributed by atoms with Gasteiger partial charge in [-0.2, -0.15) is 0 Å². The van der Waals surface area contributed by atoms with E-state index in [4.69, 9.17) is 17.2 Å². The van der Waals surface area contributed by atoms with Gasteiger partial charge in [0.1, 0.15) is 0 Å². The fourth-order valence-electron chi connectivity index (χ4n) is 1.80. The summed E-state index contributed by atoms with van der Waals surface area (Å²) in [5.74, 6) is -0.242. The van der Waals surface area contributed by atoms with Gasteiger partial charge in [0.25, 0.3) is 0 Å². The lowest BCUT2D eigenvalue weighted by Gasteiger charge is -2.12. The van der Waals surface area contributed by atoms with E-state index in [-0.39, 0.29) is 43.6 Å². The molecule has 0 saturated carbocycles. The van der Waals surface area contributed by atoms with E-state index >= 15 is 0 Å². The van der Waals surface area contributed by atoms with Gasteiger partial charge in [0.05, 0.1) is 18.4 Å².